The molecule has 4 rings (SSSR count). The third kappa shape index (κ3) is 3.75. The Hall–Kier alpha value is -2.81. The molecular formula is C19H22F2N6O. The molecular weight excluding hydrogens is 366 g/mol. The number of nitrogens with zero attached hydrogens (tertiary/aromatic N) is 4. The zero-order valence-corrected chi connectivity index (χ0v) is 15.7. The van der Waals surface area contributed by atoms with Crippen molar-refractivity contribution in [2.75, 3.05) is 17.7 Å². The number of aryl methyl sites for hydroxylation is 1. The quantitative estimate of drug-likeness (QED) is 0.693. The molecule has 3 aromatic rings. The van der Waals surface area contributed by atoms with Gasteiger partial charge in [0.2, 0.25) is 5.95 Å². The van der Waals surface area contributed by atoms with Crippen molar-refractivity contribution >= 4 is 28.5 Å². The highest BCUT2D eigenvalue weighted by Gasteiger charge is 2.23. The molecule has 1 saturated carbocycles. The molecule has 28 heavy (non-hydrogen) atoms. The summed E-state index contributed by atoms with van der Waals surface area (Å²) in [5.74, 6) is -0.896. The summed E-state index contributed by atoms with van der Waals surface area (Å²) in [6, 6.07) is 3.80. The van der Waals surface area contributed by atoms with Gasteiger partial charge in [-0.05, 0) is 37.8 Å². The number of halogens is 2. The Balaban J connectivity index is 1.64. The second kappa shape index (κ2) is 7.67. The molecule has 9 heteroatoms. The van der Waals surface area contributed by atoms with Crippen molar-refractivity contribution in [1.82, 2.24) is 19.7 Å². The Kier molecular flexibility index (Phi) is 5.08. The van der Waals surface area contributed by atoms with Crippen LogP contribution in [0.2, 0.25) is 0 Å². The highest BCUT2D eigenvalue weighted by molar-refractivity contribution is 5.87. The second-order valence-corrected chi connectivity index (χ2v) is 7.02. The SMILES string of the molecule is COC1CCCC(Nc2nc(Nc3ccc(F)c(F)c3)nc3c2cnn3C)C1. The summed E-state index contributed by atoms with van der Waals surface area (Å²) < 4.78 is 33.8. The second-order valence-electron chi connectivity index (χ2n) is 7.02. The van der Waals surface area contributed by atoms with Gasteiger partial charge >= 0.3 is 0 Å². The number of rotatable bonds is 5. The van der Waals surface area contributed by atoms with Crippen molar-refractivity contribution in [3.8, 4) is 0 Å². The van der Waals surface area contributed by atoms with Crippen molar-refractivity contribution in [2.45, 2.75) is 37.8 Å². The normalized spacial score (nSPS) is 19.7. The Labute approximate surface area is 161 Å². The lowest BCUT2D eigenvalue weighted by Gasteiger charge is -2.29. The van der Waals surface area contributed by atoms with Gasteiger partial charge in [-0.1, -0.05) is 0 Å². The number of ether oxygens (including phenoxy) is 1. The molecule has 1 aliphatic rings. The average Bonchev–Trinajstić information content (AvgIpc) is 3.06. The molecule has 2 N–H and O–H groups in total. The number of hydrogen-bond acceptors (Lipinski definition) is 6. The number of benzene rings is 1. The molecule has 0 aliphatic heterocycles. The Morgan fingerprint density at radius 1 is 1.18 bits per heavy atom. The van der Waals surface area contributed by atoms with E-state index in [2.05, 4.69) is 25.7 Å². The minimum Gasteiger partial charge on any atom is -0.381 e. The van der Waals surface area contributed by atoms with Crippen LogP contribution in [0, 0.1) is 11.6 Å². The van der Waals surface area contributed by atoms with E-state index in [0.717, 1.165) is 43.2 Å². The van der Waals surface area contributed by atoms with E-state index in [4.69, 9.17) is 4.74 Å². The van der Waals surface area contributed by atoms with E-state index < -0.39 is 11.6 Å². The predicted octanol–water partition coefficient (Wildman–Crippen LogP) is 3.75. The van der Waals surface area contributed by atoms with E-state index in [-0.39, 0.29) is 18.1 Å². The summed E-state index contributed by atoms with van der Waals surface area (Å²) in [7, 11) is 3.53. The maximum absolute atomic E-state index is 13.5. The molecule has 2 atom stereocenters. The summed E-state index contributed by atoms with van der Waals surface area (Å²) >= 11 is 0. The van der Waals surface area contributed by atoms with Crippen LogP contribution in [0.4, 0.5) is 26.2 Å². The fourth-order valence-corrected chi connectivity index (χ4v) is 3.57. The Morgan fingerprint density at radius 3 is 2.82 bits per heavy atom. The average molecular weight is 388 g/mol. The van der Waals surface area contributed by atoms with Crippen LogP contribution in [0.15, 0.2) is 24.4 Å². The third-order valence-electron chi connectivity index (χ3n) is 5.07. The summed E-state index contributed by atoms with van der Waals surface area (Å²) in [5.41, 5.74) is 1.00. The number of methoxy groups -OCH3 is 1. The third-order valence-corrected chi connectivity index (χ3v) is 5.07. The molecule has 2 unspecified atom stereocenters. The van der Waals surface area contributed by atoms with E-state index >= 15 is 0 Å². The maximum Gasteiger partial charge on any atom is 0.231 e. The number of hydrogen-bond donors (Lipinski definition) is 2. The lowest BCUT2D eigenvalue weighted by molar-refractivity contribution is 0.0669. The van der Waals surface area contributed by atoms with Crippen molar-refractivity contribution in [1.29, 1.82) is 0 Å². The highest BCUT2D eigenvalue weighted by atomic mass is 19.2. The molecule has 1 aliphatic carbocycles. The predicted molar refractivity (Wildman–Crippen MR) is 103 cm³/mol. The minimum absolute atomic E-state index is 0.230. The molecule has 0 radical (unpaired) electrons. The van der Waals surface area contributed by atoms with Crippen molar-refractivity contribution in [3.05, 3.63) is 36.0 Å². The smallest absolute Gasteiger partial charge is 0.231 e. The molecule has 1 aromatic carbocycles. The van der Waals surface area contributed by atoms with Gasteiger partial charge < -0.3 is 15.4 Å². The van der Waals surface area contributed by atoms with Gasteiger partial charge in [0, 0.05) is 32.0 Å². The standard InChI is InChI=1S/C19H22F2N6O/c1-27-18-14(10-22-27)17(23-11-4-3-5-13(8-11)28-2)25-19(26-18)24-12-6-7-15(20)16(21)9-12/h6-7,9-11,13H,3-5,8H2,1-2H3,(H2,23,24,25,26). The lowest BCUT2D eigenvalue weighted by Crippen LogP contribution is -2.31. The Morgan fingerprint density at radius 2 is 2.04 bits per heavy atom. The maximum atomic E-state index is 13.5. The van der Waals surface area contributed by atoms with Gasteiger partial charge in [0.15, 0.2) is 17.3 Å². The van der Waals surface area contributed by atoms with Crippen LogP contribution in [-0.2, 0) is 11.8 Å². The van der Waals surface area contributed by atoms with Gasteiger partial charge in [0.05, 0.1) is 17.7 Å². The molecule has 148 valence electrons. The molecule has 2 aromatic heterocycles. The zero-order valence-electron chi connectivity index (χ0n) is 15.7. The zero-order chi connectivity index (χ0) is 19.7. The van der Waals surface area contributed by atoms with E-state index in [1.807, 2.05) is 0 Å². The van der Waals surface area contributed by atoms with Gasteiger partial charge in [-0.2, -0.15) is 15.1 Å². The molecule has 1 fully saturated rings. The summed E-state index contributed by atoms with van der Waals surface area (Å²) in [4.78, 5) is 9.03. The molecule has 7 nitrogen and oxygen atoms in total. The van der Waals surface area contributed by atoms with Crippen LogP contribution < -0.4 is 10.6 Å². The van der Waals surface area contributed by atoms with Crippen molar-refractivity contribution in [2.24, 2.45) is 7.05 Å². The molecule has 0 amide bonds. The fraction of sp³-hybridized carbons (Fsp3) is 0.421. The van der Waals surface area contributed by atoms with Gasteiger partial charge in [0.1, 0.15) is 5.82 Å². The number of fused-ring (bicyclic) bond motifs is 1. The topological polar surface area (TPSA) is 76.9 Å². The van der Waals surface area contributed by atoms with Crippen LogP contribution in [0.1, 0.15) is 25.7 Å². The van der Waals surface area contributed by atoms with Crippen LogP contribution in [0.3, 0.4) is 0 Å². The summed E-state index contributed by atoms with van der Waals surface area (Å²) in [5, 5.41) is 11.5. The number of nitrogens with one attached hydrogen (secondary N) is 2. The summed E-state index contributed by atoms with van der Waals surface area (Å²) in [6.07, 6.45) is 6.01. The van der Waals surface area contributed by atoms with Gasteiger partial charge in [-0.3, -0.25) is 4.68 Å². The van der Waals surface area contributed by atoms with Crippen LogP contribution in [0.25, 0.3) is 11.0 Å². The van der Waals surface area contributed by atoms with E-state index in [9.17, 15) is 8.78 Å². The van der Waals surface area contributed by atoms with E-state index in [0.29, 0.717) is 17.2 Å². The van der Waals surface area contributed by atoms with Crippen LogP contribution in [-0.4, -0.2) is 39.0 Å². The molecule has 0 spiro atoms. The largest absolute Gasteiger partial charge is 0.381 e. The van der Waals surface area contributed by atoms with E-state index in [1.54, 1.807) is 25.0 Å². The minimum atomic E-state index is -0.933. The first-order valence-corrected chi connectivity index (χ1v) is 9.24. The van der Waals surface area contributed by atoms with Crippen LogP contribution >= 0.6 is 0 Å². The Bertz CT molecular complexity index is 992. The summed E-state index contributed by atoms with van der Waals surface area (Å²) in [6.45, 7) is 0. The van der Waals surface area contributed by atoms with E-state index in [1.165, 1.54) is 6.07 Å². The van der Waals surface area contributed by atoms with Gasteiger partial charge in [-0.25, -0.2) is 8.78 Å². The number of aromatic nitrogens is 4. The van der Waals surface area contributed by atoms with Gasteiger partial charge in [-0.15, -0.1) is 0 Å². The fourth-order valence-electron chi connectivity index (χ4n) is 3.57. The van der Waals surface area contributed by atoms with Crippen molar-refractivity contribution in [3.63, 3.8) is 0 Å². The molecule has 0 saturated heterocycles. The first-order chi connectivity index (χ1) is 13.5. The monoisotopic (exact) mass is 388 g/mol. The van der Waals surface area contributed by atoms with Crippen LogP contribution in [0.5, 0.6) is 0 Å². The highest BCUT2D eigenvalue weighted by Crippen LogP contribution is 2.28. The van der Waals surface area contributed by atoms with Gasteiger partial charge in [0.25, 0.3) is 0 Å². The lowest BCUT2D eigenvalue weighted by atomic mass is 9.93. The van der Waals surface area contributed by atoms with Crippen molar-refractivity contribution < 1.29 is 13.5 Å². The number of anilines is 3. The first kappa shape index (κ1) is 18.5. The molecule has 0 bridgehead atoms. The first-order valence-electron chi connectivity index (χ1n) is 9.24. The molecule has 2 heterocycles.